The van der Waals surface area contributed by atoms with Crippen molar-refractivity contribution in [2.45, 2.75) is 63.9 Å². The van der Waals surface area contributed by atoms with E-state index in [-0.39, 0.29) is 35.7 Å². The minimum Gasteiger partial charge on any atom is -0.496 e. The highest BCUT2D eigenvalue weighted by atomic mass is 19.4. The summed E-state index contributed by atoms with van der Waals surface area (Å²) in [6.45, 7) is 4.96. The number of carbonyl (C=O) groups is 2. The highest BCUT2D eigenvalue weighted by Crippen LogP contribution is 2.46. The molecule has 2 aliphatic heterocycles. The predicted molar refractivity (Wildman–Crippen MR) is 161 cm³/mol. The second-order valence-electron chi connectivity index (χ2n) is 12.3. The van der Waals surface area contributed by atoms with E-state index in [4.69, 9.17) is 19.2 Å². The zero-order valence-electron chi connectivity index (χ0n) is 26.0. The predicted octanol–water partition coefficient (Wildman–Crippen LogP) is 7.18. The van der Waals surface area contributed by atoms with Gasteiger partial charge in [-0.15, -0.1) is 0 Å². The zero-order chi connectivity index (χ0) is 32.9. The first-order valence-corrected chi connectivity index (χ1v) is 15.2. The number of aryl methyl sites for hydroxylation is 1. The maximum absolute atomic E-state index is 15.3. The van der Waals surface area contributed by atoms with Crippen LogP contribution in [0.1, 0.15) is 66.2 Å². The highest BCUT2D eigenvalue weighted by Gasteiger charge is 2.42. The number of hydrogen-bond acceptors (Lipinski definition) is 7. The summed E-state index contributed by atoms with van der Waals surface area (Å²) in [6, 6.07) is 9.84. The summed E-state index contributed by atoms with van der Waals surface area (Å²) < 4.78 is 72.2. The lowest BCUT2D eigenvalue weighted by molar-refractivity contribution is -0.149. The Balaban J connectivity index is 1.36. The van der Waals surface area contributed by atoms with Gasteiger partial charge in [-0.25, -0.2) is 14.2 Å². The third-order valence-electron chi connectivity index (χ3n) is 9.33. The number of pyridine rings is 1. The smallest absolute Gasteiger partial charge is 0.416 e. The first-order chi connectivity index (χ1) is 21.9. The van der Waals surface area contributed by atoms with Crippen molar-refractivity contribution in [2.24, 2.45) is 5.92 Å². The number of hydrogen-bond donors (Lipinski definition) is 0. The van der Waals surface area contributed by atoms with Crippen LogP contribution in [0.2, 0.25) is 0 Å². The van der Waals surface area contributed by atoms with Gasteiger partial charge >= 0.3 is 18.2 Å². The van der Waals surface area contributed by atoms with Crippen molar-refractivity contribution in [1.29, 1.82) is 0 Å². The maximum atomic E-state index is 15.3. The molecular formula is C34H35F4N3O5. The van der Waals surface area contributed by atoms with Crippen LogP contribution in [-0.2, 0) is 27.0 Å². The molecule has 0 radical (unpaired) electrons. The van der Waals surface area contributed by atoms with E-state index in [1.807, 2.05) is 12.1 Å². The molecule has 3 aliphatic rings. The maximum Gasteiger partial charge on any atom is 0.416 e. The number of nitrogens with zero attached hydrogens (tertiary/aromatic N) is 3. The van der Waals surface area contributed by atoms with Crippen molar-refractivity contribution in [3.05, 3.63) is 76.2 Å². The third kappa shape index (κ3) is 5.85. The van der Waals surface area contributed by atoms with Crippen LogP contribution in [0.25, 0.3) is 11.1 Å². The molecule has 2 atom stereocenters. The molecule has 0 unspecified atom stereocenters. The Morgan fingerprint density at radius 1 is 1.07 bits per heavy atom. The largest absolute Gasteiger partial charge is 0.496 e. The van der Waals surface area contributed by atoms with Gasteiger partial charge in [0.15, 0.2) is 0 Å². The van der Waals surface area contributed by atoms with E-state index in [0.717, 1.165) is 37.5 Å². The monoisotopic (exact) mass is 641 g/mol. The Morgan fingerprint density at radius 2 is 1.80 bits per heavy atom. The molecule has 3 aromatic rings. The molecule has 46 heavy (non-hydrogen) atoms. The lowest BCUT2D eigenvalue weighted by Crippen LogP contribution is -2.38. The van der Waals surface area contributed by atoms with Crippen molar-refractivity contribution >= 4 is 17.9 Å². The van der Waals surface area contributed by atoms with Crippen LogP contribution in [0, 0.1) is 18.7 Å². The number of esters is 1. The fourth-order valence-corrected chi connectivity index (χ4v) is 6.53. The Hall–Kier alpha value is -4.35. The molecule has 12 heteroatoms. The number of carbonyl (C=O) groups excluding carboxylic acids is 2. The molecule has 8 nitrogen and oxygen atoms in total. The summed E-state index contributed by atoms with van der Waals surface area (Å²) in [4.78, 5) is 33.7. The van der Waals surface area contributed by atoms with Crippen LogP contribution in [0.15, 0.2) is 42.5 Å². The van der Waals surface area contributed by atoms with E-state index in [1.165, 1.54) is 25.2 Å². The Labute approximate surface area is 264 Å². The number of ether oxygens (including phenoxy) is 3. The van der Waals surface area contributed by atoms with Gasteiger partial charge in [0.2, 0.25) is 0 Å². The third-order valence-corrected chi connectivity index (χ3v) is 9.33. The molecule has 244 valence electrons. The number of amides is 1. The average molecular weight is 642 g/mol. The van der Waals surface area contributed by atoms with Gasteiger partial charge in [0, 0.05) is 30.3 Å². The van der Waals surface area contributed by atoms with Gasteiger partial charge in [0.05, 0.1) is 44.0 Å². The van der Waals surface area contributed by atoms with E-state index in [0.29, 0.717) is 40.8 Å². The summed E-state index contributed by atoms with van der Waals surface area (Å²) in [5, 5.41) is 0. The normalized spacial score (nSPS) is 22.7. The van der Waals surface area contributed by atoms with Crippen LogP contribution in [-0.4, -0.2) is 55.3 Å². The number of halogens is 4. The number of cyclic esters (lactones) is 1. The fraction of sp³-hybridized carbons (Fsp3) is 0.441. The number of rotatable bonds is 8. The lowest BCUT2D eigenvalue weighted by atomic mass is 9.71. The summed E-state index contributed by atoms with van der Waals surface area (Å²) in [6.07, 6.45) is -4.21. The fourth-order valence-electron chi connectivity index (χ4n) is 6.53. The molecule has 2 aromatic carbocycles. The van der Waals surface area contributed by atoms with Crippen molar-refractivity contribution in [3.8, 4) is 16.9 Å². The van der Waals surface area contributed by atoms with Crippen LogP contribution in [0.5, 0.6) is 5.75 Å². The van der Waals surface area contributed by atoms with E-state index in [1.54, 1.807) is 26.0 Å². The molecule has 6 rings (SSSR count). The van der Waals surface area contributed by atoms with Crippen LogP contribution >= 0.6 is 0 Å². The number of benzene rings is 2. The van der Waals surface area contributed by atoms with Gasteiger partial charge < -0.3 is 19.1 Å². The number of alkyl halides is 3. The van der Waals surface area contributed by atoms with Crippen LogP contribution in [0.4, 0.5) is 28.2 Å². The van der Waals surface area contributed by atoms with Crippen molar-refractivity contribution in [2.75, 3.05) is 32.2 Å². The van der Waals surface area contributed by atoms with Crippen LogP contribution < -0.4 is 9.64 Å². The minimum atomic E-state index is -4.55. The van der Waals surface area contributed by atoms with E-state index in [9.17, 15) is 22.8 Å². The van der Waals surface area contributed by atoms with Crippen molar-refractivity contribution in [3.63, 3.8) is 0 Å². The molecule has 3 fully saturated rings. The van der Waals surface area contributed by atoms with Crippen LogP contribution in [0.3, 0.4) is 0 Å². The van der Waals surface area contributed by atoms with Gasteiger partial charge in [-0.05, 0) is 80.5 Å². The zero-order valence-corrected chi connectivity index (χ0v) is 26.0. The molecule has 0 N–H and O–H groups in total. The second kappa shape index (κ2) is 12.1. The van der Waals surface area contributed by atoms with E-state index < -0.39 is 35.8 Å². The molecule has 1 saturated carbocycles. The highest BCUT2D eigenvalue weighted by molar-refractivity contribution is 5.77. The molecule has 0 bridgehead atoms. The first-order valence-electron chi connectivity index (χ1n) is 15.2. The van der Waals surface area contributed by atoms with Crippen molar-refractivity contribution in [1.82, 2.24) is 9.88 Å². The summed E-state index contributed by atoms with van der Waals surface area (Å²) in [5.74, 6) is -0.240. The average Bonchev–Trinajstić information content (AvgIpc) is 3.24. The second-order valence-corrected chi connectivity index (χ2v) is 12.3. The topological polar surface area (TPSA) is 81.2 Å². The van der Waals surface area contributed by atoms with Gasteiger partial charge in [0.25, 0.3) is 0 Å². The minimum absolute atomic E-state index is 0.00480. The summed E-state index contributed by atoms with van der Waals surface area (Å²) >= 11 is 0. The quantitative estimate of drug-likeness (QED) is 0.190. The molecule has 0 spiro atoms. The Kier molecular flexibility index (Phi) is 8.32. The van der Waals surface area contributed by atoms with Gasteiger partial charge in [-0.1, -0.05) is 11.6 Å². The molecule has 1 amide bonds. The summed E-state index contributed by atoms with van der Waals surface area (Å²) in [5.41, 5.74) is 2.00. The molecule has 1 aromatic heterocycles. The summed E-state index contributed by atoms with van der Waals surface area (Å²) in [7, 11) is 2.78. The SMILES string of the molecule is COc1cc(F)c([C@H]2C[C@H](C(=O)OC)C2)cc1-c1ccc(N2CCC2)nc1CN1C(=O)O[C@H](c2cc(C)cc(C(F)(F)F)c2)[C@@H]1C. The standard InChI is InChI=1S/C34H35F4N3O5/c1-18-10-21(14-23(11-18)34(36,37)38)31-19(2)41(33(43)46-31)17-28-24(6-7-30(39-28)40-8-5-9-40)26-15-25(27(35)16-29(26)44-3)20-12-22(13-20)32(42)45-4/h6-7,10-11,14-16,19-20,22,31H,5,8-9,12-13,17H2,1-4H3/t19-,20-,22-,31-/m0/s1. The van der Waals surface area contributed by atoms with E-state index >= 15 is 4.39 Å². The number of anilines is 1. The number of aromatic nitrogens is 1. The lowest BCUT2D eigenvalue weighted by Gasteiger charge is -2.34. The Morgan fingerprint density at radius 3 is 2.43 bits per heavy atom. The number of methoxy groups -OCH3 is 2. The molecular weight excluding hydrogens is 606 g/mol. The molecule has 2 saturated heterocycles. The first kappa shape index (κ1) is 31.6. The molecule has 1 aliphatic carbocycles. The van der Waals surface area contributed by atoms with Gasteiger partial charge in [-0.3, -0.25) is 9.69 Å². The molecule has 3 heterocycles. The van der Waals surface area contributed by atoms with Gasteiger partial charge in [-0.2, -0.15) is 13.2 Å². The Bertz CT molecular complexity index is 1670. The van der Waals surface area contributed by atoms with Crippen molar-refractivity contribution < 1.29 is 41.4 Å². The van der Waals surface area contributed by atoms with Gasteiger partial charge in [0.1, 0.15) is 23.5 Å². The van der Waals surface area contributed by atoms with E-state index in [2.05, 4.69) is 4.90 Å².